The normalized spacial score (nSPS) is 11.0. The Bertz CT molecular complexity index is 793. The molecular weight excluding hydrogens is 338 g/mol. The largest absolute Gasteiger partial charge is 0.497 e. The van der Waals surface area contributed by atoms with Gasteiger partial charge in [0.2, 0.25) is 0 Å². The van der Waals surface area contributed by atoms with E-state index in [0.717, 1.165) is 0 Å². The number of nitrogens with one attached hydrogen (secondary N) is 1. The van der Waals surface area contributed by atoms with Crippen molar-refractivity contribution in [2.24, 2.45) is 0 Å². The molecule has 7 nitrogen and oxygen atoms in total. The summed E-state index contributed by atoms with van der Waals surface area (Å²) in [4.78, 5) is 23.5. The van der Waals surface area contributed by atoms with E-state index in [2.05, 4.69) is 5.32 Å². The molecule has 0 bridgehead atoms. The molecular formula is C19H21NO6. The number of carbonyl (C=O) groups is 2. The summed E-state index contributed by atoms with van der Waals surface area (Å²) in [5.41, 5.74) is 0.360. The fraction of sp³-hybridized carbons (Fsp3) is 0.263. The summed E-state index contributed by atoms with van der Waals surface area (Å²) < 4.78 is 21.0. The molecule has 7 heteroatoms. The van der Waals surface area contributed by atoms with Crippen molar-refractivity contribution >= 4 is 11.9 Å². The first-order chi connectivity index (χ1) is 12.5. The SMILES string of the molecule is CCOC(=O)/C=C(\C)NC(=O)c1ccc(COc2cccc(OC)c2)o1. The predicted molar refractivity (Wildman–Crippen MR) is 93.9 cm³/mol. The minimum Gasteiger partial charge on any atom is -0.497 e. The van der Waals surface area contributed by atoms with E-state index < -0.39 is 11.9 Å². The van der Waals surface area contributed by atoms with Gasteiger partial charge in [-0.2, -0.15) is 0 Å². The van der Waals surface area contributed by atoms with Crippen LogP contribution >= 0.6 is 0 Å². The van der Waals surface area contributed by atoms with Gasteiger partial charge >= 0.3 is 5.97 Å². The zero-order chi connectivity index (χ0) is 18.9. The van der Waals surface area contributed by atoms with Crippen molar-refractivity contribution in [3.63, 3.8) is 0 Å². The molecule has 0 aliphatic heterocycles. The average Bonchev–Trinajstić information content (AvgIpc) is 3.09. The van der Waals surface area contributed by atoms with E-state index in [1.54, 1.807) is 39.2 Å². The number of benzene rings is 1. The summed E-state index contributed by atoms with van der Waals surface area (Å²) >= 11 is 0. The van der Waals surface area contributed by atoms with Crippen molar-refractivity contribution < 1.29 is 28.2 Å². The first-order valence-electron chi connectivity index (χ1n) is 8.03. The topological polar surface area (TPSA) is 87.0 Å². The Kier molecular flexibility index (Phi) is 6.84. The van der Waals surface area contributed by atoms with E-state index in [0.29, 0.717) is 23.0 Å². The Balaban J connectivity index is 1.91. The van der Waals surface area contributed by atoms with Crippen LogP contribution in [0.3, 0.4) is 0 Å². The third-order valence-corrected chi connectivity index (χ3v) is 3.24. The van der Waals surface area contributed by atoms with E-state index in [1.807, 2.05) is 12.1 Å². The van der Waals surface area contributed by atoms with Crippen LogP contribution in [-0.2, 0) is 16.1 Å². The fourth-order valence-corrected chi connectivity index (χ4v) is 2.06. The van der Waals surface area contributed by atoms with Gasteiger partial charge in [0.05, 0.1) is 13.7 Å². The van der Waals surface area contributed by atoms with Crippen LogP contribution in [0.15, 0.2) is 52.6 Å². The Hall–Kier alpha value is -3.22. The minimum absolute atomic E-state index is 0.117. The first kappa shape index (κ1) is 19.1. The summed E-state index contributed by atoms with van der Waals surface area (Å²) in [5.74, 6) is 0.939. The number of hydrogen-bond acceptors (Lipinski definition) is 6. The summed E-state index contributed by atoms with van der Waals surface area (Å²) in [6.07, 6.45) is 1.21. The van der Waals surface area contributed by atoms with Crippen molar-refractivity contribution in [2.45, 2.75) is 20.5 Å². The molecule has 1 heterocycles. The summed E-state index contributed by atoms with van der Waals surface area (Å²) in [6.45, 7) is 3.73. The zero-order valence-corrected chi connectivity index (χ0v) is 14.9. The maximum Gasteiger partial charge on any atom is 0.332 e. The Labute approximate surface area is 151 Å². The fourth-order valence-electron chi connectivity index (χ4n) is 2.06. The molecule has 1 N–H and O–H groups in total. The van der Waals surface area contributed by atoms with Crippen molar-refractivity contribution in [2.75, 3.05) is 13.7 Å². The molecule has 1 aromatic heterocycles. The maximum absolute atomic E-state index is 12.1. The molecule has 138 valence electrons. The molecule has 2 aromatic rings. The van der Waals surface area contributed by atoms with Gasteiger partial charge in [0.1, 0.15) is 23.9 Å². The van der Waals surface area contributed by atoms with Gasteiger partial charge in [0, 0.05) is 17.8 Å². The second kappa shape index (κ2) is 9.31. The van der Waals surface area contributed by atoms with Gasteiger partial charge in [-0.25, -0.2) is 4.79 Å². The third-order valence-electron chi connectivity index (χ3n) is 3.24. The molecule has 0 saturated heterocycles. The van der Waals surface area contributed by atoms with Crippen LogP contribution < -0.4 is 14.8 Å². The highest BCUT2D eigenvalue weighted by molar-refractivity contribution is 5.93. The van der Waals surface area contributed by atoms with Gasteiger partial charge in [-0.1, -0.05) is 6.07 Å². The lowest BCUT2D eigenvalue weighted by Gasteiger charge is -2.06. The average molecular weight is 359 g/mol. The number of allylic oxidation sites excluding steroid dienone is 1. The standard InChI is InChI=1S/C19H21NO6/c1-4-24-18(21)10-13(2)20-19(22)17-9-8-16(26-17)12-25-15-7-5-6-14(11-15)23-3/h5-11H,4,12H2,1-3H3,(H,20,22)/b13-10+. The Morgan fingerprint density at radius 3 is 2.69 bits per heavy atom. The highest BCUT2D eigenvalue weighted by Crippen LogP contribution is 2.20. The molecule has 1 aromatic carbocycles. The molecule has 0 atom stereocenters. The molecule has 26 heavy (non-hydrogen) atoms. The quantitative estimate of drug-likeness (QED) is 0.576. The zero-order valence-electron chi connectivity index (χ0n) is 14.9. The molecule has 0 aliphatic carbocycles. The van der Waals surface area contributed by atoms with Crippen LogP contribution in [0.1, 0.15) is 30.2 Å². The van der Waals surface area contributed by atoms with Gasteiger partial charge in [0.25, 0.3) is 5.91 Å². The predicted octanol–water partition coefficient (Wildman–Crippen LogP) is 3.06. The van der Waals surface area contributed by atoms with Crippen LogP contribution in [0.2, 0.25) is 0 Å². The number of amides is 1. The number of rotatable bonds is 8. The minimum atomic E-state index is -0.517. The van der Waals surface area contributed by atoms with Gasteiger partial charge in [-0.05, 0) is 38.1 Å². The van der Waals surface area contributed by atoms with Crippen molar-refractivity contribution in [3.8, 4) is 11.5 Å². The molecule has 1 amide bonds. The summed E-state index contributed by atoms with van der Waals surface area (Å²) in [7, 11) is 1.58. The number of hydrogen-bond donors (Lipinski definition) is 1. The van der Waals surface area contributed by atoms with E-state index in [4.69, 9.17) is 18.6 Å². The monoisotopic (exact) mass is 359 g/mol. The number of carbonyl (C=O) groups excluding carboxylic acids is 2. The summed E-state index contributed by atoms with van der Waals surface area (Å²) in [5, 5.41) is 2.56. The second-order valence-electron chi connectivity index (χ2n) is 5.27. The maximum atomic E-state index is 12.1. The van der Waals surface area contributed by atoms with Crippen LogP contribution in [-0.4, -0.2) is 25.6 Å². The molecule has 0 saturated carbocycles. The number of ether oxygens (including phenoxy) is 3. The molecule has 0 spiro atoms. The van der Waals surface area contributed by atoms with E-state index in [9.17, 15) is 9.59 Å². The lowest BCUT2D eigenvalue weighted by atomic mass is 10.3. The second-order valence-corrected chi connectivity index (χ2v) is 5.27. The van der Waals surface area contributed by atoms with Crippen LogP contribution in [0.4, 0.5) is 0 Å². The molecule has 0 aliphatic rings. The van der Waals surface area contributed by atoms with Crippen molar-refractivity contribution in [3.05, 3.63) is 59.7 Å². The lowest BCUT2D eigenvalue weighted by Crippen LogP contribution is -2.21. The van der Waals surface area contributed by atoms with Gasteiger partial charge < -0.3 is 23.9 Å². The van der Waals surface area contributed by atoms with Gasteiger partial charge in [-0.15, -0.1) is 0 Å². The third kappa shape index (κ3) is 5.70. The number of methoxy groups -OCH3 is 1. The van der Waals surface area contributed by atoms with Gasteiger partial charge in [-0.3, -0.25) is 4.79 Å². The van der Waals surface area contributed by atoms with E-state index in [1.165, 1.54) is 12.1 Å². The lowest BCUT2D eigenvalue weighted by molar-refractivity contribution is -0.137. The van der Waals surface area contributed by atoms with Crippen molar-refractivity contribution in [1.82, 2.24) is 5.32 Å². The molecule has 0 fully saturated rings. The molecule has 0 unspecified atom stereocenters. The van der Waals surface area contributed by atoms with E-state index >= 15 is 0 Å². The van der Waals surface area contributed by atoms with Crippen LogP contribution in [0, 0.1) is 0 Å². The molecule has 0 radical (unpaired) electrons. The molecule has 2 rings (SSSR count). The number of esters is 1. The van der Waals surface area contributed by atoms with Crippen LogP contribution in [0.5, 0.6) is 11.5 Å². The van der Waals surface area contributed by atoms with E-state index in [-0.39, 0.29) is 19.0 Å². The number of furan rings is 1. The van der Waals surface area contributed by atoms with Gasteiger partial charge in [0.15, 0.2) is 5.76 Å². The summed E-state index contributed by atoms with van der Waals surface area (Å²) in [6, 6.07) is 10.4. The van der Waals surface area contributed by atoms with Crippen LogP contribution in [0.25, 0.3) is 0 Å². The first-order valence-corrected chi connectivity index (χ1v) is 8.03. The smallest absolute Gasteiger partial charge is 0.332 e. The highest BCUT2D eigenvalue weighted by Gasteiger charge is 2.12. The highest BCUT2D eigenvalue weighted by atomic mass is 16.5. The Morgan fingerprint density at radius 2 is 1.96 bits per heavy atom. The van der Waals surface area contributed by atoms with Crippen molar-refractivity contribution in [1.29, 1.82) is 0 Å². The Morgan fingerprint density at radius 1 is 1.19 bits per heavy atom.